The Labute approximate surface area is 77.5 Å². The summed E-state index contributed by atoms with van der Waals surface area (Å²) >= 11 is 0. The zero-order valence-corrected chi connectivity index (χ0v) is 7.55. The molecule has 0 aliphatic carbocycles. The molecule has 0 spiro atoms. The van der Waals surface area contributed by atoms with E-state index in [0.717, 1.165) is 11.5 Å². The summed E-state index contributed by atoms with van der Waals surface area (Å²) in [5.41, 5.74) is 1.34. The van der Waals surface area contributed by atoms with Gasteiger partial charge in [0.25, 0.3) is 0 Å². The van der Waals surface area contributed by atoms with Crippen molar-refractivity contribution in [3.63, 3.8) is 0 Å². The highest BCUT2D eigenvalue weighted by molar-refractivity contribution is 5.38. The smallest absolute Gasteiger partial charge is 0.123 e. The first kappa shape index (κ1) is 9.93. The van der Waals surface area contributed by atoms with Gasteiger partial charge in [0, 0.05) is 5.92 Å². The van der Waals surface area contributed by atoms with Gasteiger partial charge in [0.05, 0.1) is 6.61 Å². The number of hydrogen-bond acceptors (Lipinski definition) is 1. The average molecular weight is 179 g/mol. The van der Waals surface area contributed by atoms with Gasteiger partial charge in [0.1, 0.15) is 5.82 Å². The number of hydrogen-bond donors (Lipinski definition) is 1. The van der Waals surface area contributed by atoms with Gasteiger partial charge in [-0.25, -0.2) is 4.39 Å². The van der Waals surface area contributed by atoms with Crippen LogP contribution in [0.5, 0.6) is 0 Å². The lowest BCUT2D eigenvalue weighted by atomic mass is 9.99. The summed E-state index contributed by atoms with van der Waals surface area (Å²) in [6, 6.07) is 4.50. The molecule has 2 heteroatoms. The minimum absolute atomic E-state index is 0.144. The Morgan fingerprint density at radius 2 is 2.23 bits per heavy atom. The van der Waals surface area contributed by atoms with Crippen molar-refractivity contribution < 1.29 is 9.50 Å². The second kappa shape index (κ2) is 4.19. The number of benzene rings is 1. The molecule has 0 atom stereocenters. The van der Waals surface area contributed by atoms with Crippen LogP contribution in [-0.2, 0) is 6.61 Å². The fraction of sp³-hybridized carbons (Fsp3) is 0.182. The summed E-state index contributed by atoms with van der Waals surface area (Å²) in [5, 5.41) is 8.84. The molecule has 0 bridgehead atoms. The standard InChI is InChI=1S/C11H12FO/c1-3-8(2)10-4-9(7-13)5-11(12)6-10/h3-6,13H,1,7H2,2H3. The van der Waals surface area contributed by atoms with Crippen molar-refractivity contribution in [3.05, 3.63) is 53.7 Å². The Kier molecular flexibility index (Phi) is 3.20. The van der Waals surface area contributed by atoms with E-state index in [-0.39, 0.29) is 12.4 Å². The minimum Gasteiger partial charge on any atom is -0.392 e. The summed E-state index contributed by atoms with van der Waals surface area (Å²) in [4.78, 5) is 0. The molecule has 1 aromatic carbocycles. The summed E-state index contributed by atoms with van der Waals surface area (Å²) in [7, 11) is 0. The van der Waals surface area contributed by atoms with Gasteiger partial charge in [-0.3, -0.25) is 0 Å². The zero-order chi connectivity index (χ0) is 9.84. The lowest BCUT2D eigenvalue weighted by Gasteiger charge is -2.07. The Bertz CT molecular complexity index is 307. The first-order chi connectivity index (χ1) is 6.17. The van der Waals surface area contributed by atoms with Crippen LogP contribution in [0.3, 0.4) is 0 Å². The lowest BCUT2D eigenvalue weighted by molar-refractivity contribution is 0.281. The molecule has 0 aliphatic heterocycles. The van der Waals surface area contributed by atoms with Crippen molar-refractivity contribution in [2.24, 2.45) is 0 Å². The SMILES string of the molecule is C=C[C](C)c1cc(F)cc(CO)c1. The highest BCUT2D eigenvalue weighted by Gasteiger charge is 2.05. The monoisotopic (exact) mass is 179 g/mol. The van der Waals surface area contributed by atoms with Crippen LogP contribution in [-0.4, -0.2) is 5.11 Å². The van der Waals surface area contributed by atoms with Crippen molar-refractivity contribution in [1.82, 2.24) is 0 Å². The van der Waals surface area contributed by atoms with E-state index in [9.17, 15) is 4.39 Å². The number of aliphatic hydroxyl groups excluding tert-OH is 1. The summed E-state index contributed by atoms with van der Waals surface area (Å²) < 4.78 is 13.0. The fourth-order valence-corrected chi connectivity index (χ4v) is 1.09. The first-order valence-electron chi connectivity index (χ1n) is 4.04. The molecule has 0 aromatic heterocycles. The third-order valence-electron chi connectivity index (χ3n) is 1.90. The minimum atomic E-state index is -0.331. The molecule has 0 aliphatic rings. The summed E-state index contributed by atoms with van der Waals surface area (Å²) in [6.07, 6.45) is 1.66. The molecule has 13 heavy (non-hydrogen) atoms. The summed E-state index contributed by atoms with van der Waals surface area (Å²) in [5.74, 6) is 0.567. The van der Waals surface area contributed by atoms with Crippen molar-refractivity contribution in [3.8, 4) is 0 Å². The maximum absolute atomic E-state index is 13.0. The Balaban J connectivity index is 3.07. The normalized spacial score (nSPS) is 10.5. The van der Waals surface area contributed by atoms with E-state index in [1.54, 1.807) is 12.1 Å². The van der Waals surface area contributed by atoms with Gasteiger partial charge in [0.2, 0.25) is 0 Å². The third-order valence-corrected chi connectivity index (χ3v) is 1.90. The van der Waals surface area contributed by atoms with Crippen LogP contribution in [0, 0.1) is 11.7 Å². The molecule has 0 amide bonds. The number of aliphatic hydroxyl groups is 1. The van der Waals surface area contributed by atoms with E-state index in [0.29, 0.717) is 5.56 Å². The number of halogens is 1. The van der Waals surface area contributed by atoms with Crippen LogP contribution >= 0.6 is 0 Å². The zero-order valence-electron chi connectivity index (χ0n) is 7.55. The molecule has 69 valence electrons. The van der Waals surface area contributed by atoms with Crippen molar-refractivity contribution in [1.29, 1.82) is 0 Å². The van der Waals surface area contributed by atoms with E-state index in [1.807, 2.05) is 6.92 Å². The number of rotatable bonds is 3. The van der Waals surface area contributed by atoms with E-state index in [2.05, 4.69) is 6.58 Å². The Morgan fingerprint density at radius 3 is 2.77 bits per heavy atom. The highest BCUT2D eigenvalue weighted by Crippen LogP contribution is 2.18. The maximum Gasteiger partial charge on any atom is 0.123 e. The molecular weight excluding hydrogens is 167 g/mol. The van der Waals surface area contributed by atoms with Crippen LogP contribution in [0.15, 0.2) is 30.9 Å². The molecule has 0 unspecified atom stereocenters. The van der Waals surface area contributed by atoms with Gasteiger partial charge in [0.15, 0.2) is 0 Å². The lowest BCUT2D eigenvalue weighted by Crippen LogP contribution is -1.94. The Morgan fingerprint density at radius 1 is 1.54 bits per heavy atom. The second-order valence-corrected chi connectivity index (χ2v) is 2.89. The quantitative estimate of drug-likeness (QED) is 0.755. The molecule has 1 nitrogen and oxygen atoms in total. The molecular formula is C11H12FO. The first-order valence-corrected chi connectivity index (χ1v) is 4.04. The molecule has 1 N–H and O–H groups in total. The predicted octanol–water partition coefficient (Wildman–Crippen LogP) is 2.45. The van der Waals surface area contributed by atoms with Crippen LogP contribution in [0.4, 0.5) is 4.39 Å². The average Bonchev–Trinajstić information content (AvgIpc) is 2.15. The molecule has 1 rings (SSSR count). The van der Waals surface area contributed by atoms with Crippen molar-refractivity contribution in [2.45, 2.75) is 13.5 Å². The molecule has 0 saturated carbocycles. The van der Waals surface area contributed by atoms with Crippen LogP contribution in [0.25, 0.3) is 0 Å². The van der Waals surface area contributed by atoms with Gasteiger partial charge in [-0.15, -0.1) is 6.58 Å². The largest absolute Gasteiger partial charge is 0.392 e. The molecule has 1 aromatic rings. The highest BCUT2D eigenvalue weighted by atomic mass is 19.1. The third kappa shape index (κ3) is 2.39. The van der Waals surface area contributed by atoms with Crippen LogP contribution in [0.2, 0.25) is 0 Å². The maximum atomic E-state index is 13.0. The number of allylic oxidation sites excluding steroid dienone is 1. The Hall–Kier alpha value is -1.15. The van der Waals surface area contributed by atoms with Gasteiger partial charge in [-0.05, 0) is 23.3 Å². The van der Waals surface area contributed by atoms with E-state index in [4.69, 9.17) is 5.11 Å². The molecule has 0 saturated heterocycles. The van der Waals surface area contributed by atoms with Gasteiger partial charge in [-0.2, -0.15) is 0 Å². The molecule has 0 heterocycles. The second-order valence-electron chi connectivity index (χ2n) is 2.89. The van der Waals surface area contributed by atoms with Crippen LogP contribution in [0.1, 0.15) is 18.1 Å². The predicted molar refractivity (Wildman–Crippen MR) is 50.5 cm³/mol. The fourth-order valence-electron chi connectivity index (χ4n) is 1.09. The molecule has 1 radical (unpaired) electrons. The van der Waals surface area contributed by atoms with Crippen molar-refractivity contribution >= 4 is 0 Å². The van der Waals surface area contributed by atoms with E-state index in [1.165, 1.54) is 12.1 Å². The topological polar surface area (TPSA) is 20.2 Å². The summed E-state index contributed by atoms with van der Waals surface area (Å²) in [6.45, 7) is 5.31. The molecule has 0 fully saturated rings. The van der Waals surface area contributed by atoms with Gasteiger partial charge in [-0.1, -0.05) is 19.1 Å². The van der Waals surface area contributed by atoms with Crippen LogP contribution < -0.4 is 0 Å². The van der Waals surface area contributed by atoms with Gasteiger partial charge < -0.3 is 5.11 Å². The van der Waals surface area contributed by atoms with Gasteiger partial charge >= 0.3 is 0 Å². The van der Waals surface area contributed by atoms with Crippen molar-refractivity contribution in [2.75, 3.05) is 0 Å². The van der Waals surface area contributed by atoms with E-state index < -0.39 is 0 Å². The van der Waals surface area contributed by atoms with E-state index >= 15 is 0 Å².